The van der Waals surface area contributed by atoms with E-state index < -0.39 is 0 Å². The van der Waals surface area contributed by atoms with Crippen molar-refractivity contribution in [3.63, 3.8) is 0 Å². The molecule has 0 amide bonds. The summed E-state index contributed by atoms with van der Waals surface area (Å²) in [5.74, 6) is 0.913. The standard InChI is InChI=1S/C45H29N3S3/c1-2-10-26(11-3-1)43-46-44(48-45(47-43)33-16-9-19-40-41(33)32-13-5-7-18-37(32)50-40)28-21-23-39-35(25-28)34-24-27(20-22-38(34)49-39)29-14-8-15-31-30-12-4-6-17-36(30)51-42(29)31/h1-25,43-44,46H,(H,47,48). The number of thiophene rings is 3. The van der Waals surface area contributed by atoms with Crippen molar-refractivity contribution in [3.8, 4) is 11.1 Å². The van der Waals surface area contributed by atoms with Crippen LogP contribution < -0.4 is 10.6 Å². The number of aliphatic imine (C=N–C) groups is 1. The average molecular weight is 708 g/mol. The Labute approximate surface area is 306 Å². The van der Waals surface area contributed by atoms with Crippen molar-refractivity contribution in [2.45, 2.75) is 12.3 Å². The van der Waals surface area contributed by atoms with Crippen molar-refractivity contribution in [1.82, 2.24) is 10.6 Å². The monoisotopic (exact) mass is 707 g/mol. The number of hydrogen-bond acceptors (Lipinski definition) is 6. The van der Waals surface area contributed by atoms with E-state index in [1.54, 1.807) is 0 Å². The van der Waals surface area contributed by atoms with Crippen LogP contribution in [0.1, 0.15) is 29.0 Å². The summed E-state index contributed by atoms with van der Waals surface area (Å²) in [5.41, 5.74) is 6.03. The van der Waals surface area contributed by atoms with Crippen molar-refractivity contribution in [1.29, 1.82) is 0 Å². The Kier molecular flexibility index (Phi) is 6.67. The van der Waals surface area contributed by atoms with E-state index in [-0.39, 0.29) is 12.3 Å². The number of hydrogen-bond donors (Lipinski definition) is 2. The lowest BCUT2D eigenvalue weighted by Gasteiger charge is -2.32. The van der Waals surface area contributed by atoms with Gasteiger partial charge in [0.25, 0.3) is 0 Å². The van der Waals surface area contributed by atoms with E-state index in [0.717, 1.165) is 17.0 Å². The first-order valence-electron chi connectivity index (χ1n) is 17.2. The molecule has 51 heavy (non-hydrogen) atoms. The predicted molar refractivity (Wildman–Crippen MR) is 222 cm³/mol. The molecule has 7 aromatic carbocycles. The Morgan fingerprint density at radius 1 is 0.451 bits per heavy atom. The van der Waals surface area contributed by atoms with Gasteiger partial charge in [-0.3, -0.25) is 5.32 Å². The second-order valence-corrected chi connectivity index (χ2v) is 16.4. The molecule has 11 rings (SSSR count). The van der Waals surface area contributed by atoms with Crippen molar-refractivity contribution >= 4 is 100 Å². The number of fused-ring (bicyclic) bond motifs is 9. The van der Waals surface area contributed by atoms with Crippen LogP contribution in [-0.2, 0) is 0 Å². The Morgan fingerprint density at radius 3 is 1.98 bits per heavy atom. The van der Waals surface area contributed by atoms with Crippen LogP contribution in [0, 0.1) is 0 Å². The topological polar surface area (TPSA) is 36.4 Å². The molecule has 2 atom stereocenters. The van der Waals surface area contributed by atoms with Crippen LogP contribution in [-0.4, -0.2) is 5.84 Å². The van der Waals surface area contributed by atoms with Crippen LogP contribution >= 0.6 is 34.0 Å². The van der Waals surface area contributed by atoms with Gasteiger partial charge in [0, 0.05) is 66.1 Å². The lowest BCUT2D eigenvalue weighted by atomic mass is 9.99. The molecular weight excluding hydrogens is 679 g/mol. The summed E-state index contributed by atoms with van der Waals surface area (Å²) >= 11 is 5.60. The molecule has 1 aliphatic heterocycles. The molecule has 1 aliphatic rings. The van der Waals surface area contributed by atoms with Gasteiger partial charge < -0.3 is 5.32 Å². The number of amidine groups is 1. The second-order valence-electron chi connectivity index (χ2n) is 13.2. The van der Waals surface area contributed by atoms with Gasteiger partial charge in [-0.15, -0.1) is 34.0 Å². The average Bonchev–Trinajstić information content (AvgIpc) is 3.89. The first-order chi connectivity index (χ1) is 25.2. The molecule has 4 heterocycles. The van der Waals surface area contributed by atoms with E-state index in [1.165, 1.54) is 77.2 Å². The fraction of sp³-hybridized carbons (Fsp3) is 0.0444. The van der Waals surface area contributed by atoms with E-state index >= 15 is 0 Å². The first-order valence-corrected chi connectivity index (χ1v) is 19.6. The van der Waals surface area contributed by atoms with E-state index in [4.69, 9.17) is 4.99 Å². The van der Waals surface area contributed by atoms with E-state index in [2.05, 4.69) is 162 Å². The van der Waals surface area contributed by atoms with Gasteiger partial charge in [0.2, 0.25) is 0 Å². The Morgan fingerprint density at radius 2 is 1.10 bits per heavy atom. The molecule has 0 aliphatic carbocycles. The third-order valence-electron chi connectivity index (χ3n) is 10.2. The van der Waals surface area contributed by atoms with Crippen LogP contribution in [0.3, 0.4) is 0 Å². The van der Waals surface area contributed by atoms with Crippen molar-refractivity contribution in [2.24, 2.45) is 4.99 Å². The van der Waals surface area contributed by atoms with E-state index in [0.29, 0.717) is 0 Å². The molecule has 242 valence electrons. The molecule has 0 spiro atoms. The number of rotatable bonds is 4. The fourth-order valence-electron chi connectivity index (χ4n) is 7.76. The number of benzene rings is 7. The summed E-state index contributed by atoms with van der Waals surface area (Å²) in [6, 6.07) is 55.3. The highest BCUT2D eigenvalue weighted by atomic mass is 32.1. The van der Waals surface area contributed by atoms with Gasteiger partial charge in [0.1, 0.15) is 18.2 Å². The molecule has 6 heteroatoms. The third kappa shape index (κ3) is 4.75. The maximum atomic E-state index is 5.32. The molecule has 0 saturated heterocycles. The SMILES string of the molecule is c1ccc(C2N=C(c3cccc4sc5ccccc5c34)NC(c3ccc4sc5ccc(-c6cccc7c6sc6ccccc67)cc5c4c3)N2)cc1. The van der Waals surface area contributed by atoms with Crippen LogP contribution in [0.5, 0.6) is 0 Å². The summed E-state index contributed by atoms with van der Waals surface area (Å²) in [7, 11) is 0. The summed E-state index contributed by atoms with van der Waals surface area (Å²) in [4.78, 5) is 5.32. The Balaban J connectivity index is 1.04. The highest BCUT2D eigenvalue weighted by Gasteiger charge is 2.27. The van der Waals surface area contributed by atoms with Gasteiger partial charge >= 0.3 is 0 Å². The molecule has 2 N–H and O–H groups in total. The summed E-state index contributed by atoms with van der Waals surface area (Å²) in [6.45, 7) is 0. The molecule has 10 aromatic rings. The van der Waals surface area contributed by atoms with Gasteiger partial charge in [-0.1, -0.05) is 109 Å². The van der Waals surface area contributed by atoms with Crippen LogP contribution in [0.15, 0.2) is 157 Å². The smallest absolute Gasteiger partial charge is 0.132 e. The first kappa shape index (κ1) is 29.4. The van der Waals surface area contributed by atoms with Crippen LogP contribution in [0.25, 0.3) is 71.6 Å². The zero-order chi connectivity index (χ0) is 33.5. The third-order valence-corrected chi connectivity index (χ3v) is 13.7. The molecular formula is C45H29N3S3. The molecule has 3 aromatic heterocycles. The predicted octanol–water partition coefficient (Wildman–Crippen LogP) is 12.8. The van der Waals surface area contributed by atoms with Gasteiger partial charge in [0.15, 0.2) is 0 Å². The lowest BCUT2D eigenvalue weighted by Crippen LogP contribution is -2.45. The number of nitrogens with one attached hydrogen (secondary N) is 2. The van der Waals surface area contributed by atoms with Gasteiger partial charge in [-0.05, 0) is 64.7 Å². The molecule has 0 fully saturated rings. The van der Waals surface area contributed by atoms with Gasteiger partial charge in [-0.2, -0.15) is 0 Å². The zero-order valence-corrected chi connectivity index (χ0v) is 29.7. The maximum Gasteiger partial charge on any atom is 0.132 e. The van der Waals surface area contributed by atoms with E-state index in [9.17, 15) is 0 Å². The normalized spacial score (nSPS) is 16.4. The highest BCUT2D eigenvalue weighted by Crippen LogP contribution is 2.43. The minimum atomic E-state index is -0.198. The van der Waals surface area contributed by atoms with Crippen molar-refractivity contribution < 1.29 is 0 Å². The number of nitrogens with zero attached hydrogens (tertiary/aromatic N) is 1. The van der Waals surface area contributed by atoms with Gasteiger partial charge in [0.05, 0.1) is 0 Å². The van der Waals surface area contributed by atoms with Gasteiger partial charge in [-0.25, -0.2) is 4.99 Å². The van der Waals surface area contributed by atoms with Crippen molar-refractivity contribution in [2.75, 3.05) is 0 Å². The quantitative estimate of drug-likeness (QED) is 0.191. The molecule has 0 saturated carbocycles. The highest BCUT2D eigenvalue weighted by molar-refractivity contribution is 7.27. The Bertz CT molecular complexity index is 3000. The maximum absolute atomic E-state index is 5.32. The summed E-state index contributed by atoms with van der Waals surface area (Å²) in [5, 5.41) is 15.5. The molecule has 0 radical (unpaired) electrons. The molecule has 3 nitrogen and oxygen atoms in total. The molecule has 0 bridgehead atoms. The minimum Gasteiger partial charge on any atom is -0.350 e. The van der Waals surface area contributed by atoms with Crippen LogP contribution in [0.2, 0.25) is 0 Å². The summed E-state index contributed by atoms with van der Waals surface area (Å²) in [6.07, 6.45) is -0.339. The lowest BCUT2D eigenvalue weighted by molar-refractivity contribution is 0.409. The molecule has 2 unspecified atom stereocenters. The summed E-state index contributed by atoms with van der Waals surface area (Å²) < 4.78 is 7.85. The van der Waals surface area contributed by atoms with Crippen LogP contribution in [0.4, 0.5) is 0 Å². The zero-order valence-electron chi connectivity index (χ0n) is 27.3. The fourth-order valence-corrected chi connectivity index (χ4v) is 11.2. The second kappa shape index (κ2) is 11.6. The Hall–Kier alpha value is -5.37. The van der Waals surface area contributed by atoms with Crippen molar-refractivity contribution in [3.05, 3.63) is 168 Å². The largest absolute Gasteiger partial charge is 0.350 e. The van der Waals surface area contributed by atoms with E-state index in [1.807, 2.05) is 34.0 Å². The minimum absolute atomic E-state index is 0.141.